The van der Waals surface area contributed by atoms with Crippen molar-refractivity contribution >= 4 is 5.91 Å². The molecule has 0 bridgehead atoms. The molecule has 0 saturated heterocycles. The molecule has 0 spiro atoms. The van der Waals surface area contributed by atoms with Gasteiger partial charge < -0.3 is 14.8 Å². The van der Waals surface area contributed by atoms with Crippen molar-refractivity contribution in [3.8, 4) is 0 Å². The molecule has 2 aromatic rings. The van der Waals surface area contributed by atoms with Gasteiger partial charge in [0.05, 0.1) is 24.3 Å². The third kappa shape index (κ3) is 4.38. The highest BCUT2D eigenvalue weighted by atomic mass is 19.4. The van der Waals surface area contributed by atoms with E-state index in [-0.39, 0.29) is 12.1 Å². The van der Waals surface area contributed by atoms with Crippen LogP contribution in [0.3, 0.4) is 0 Å². The van der Waals surface area contributed by atoms with Crippen molar-refractivity contribution < 1.29 is 27.5 Å². The van der Waals surface area contributed by atoms with Gasteiger partial charge in [0.15, 0.2) is 0 Å². The van der Waals surface area contributed by atoms with Crippen LogP contribution in [0.25, 0.3) is 0 Å². The number of furan rings is 1. The molecule has 24 heavy (non-hydrogen) atoms. The molecule has 2 unspecified atom stereocenters. The number of carbonyl (C=O) groups excluding carboxylic acids is 1. The normalized spacial score (nSPS) is 14.2. The van der Waals surface area contributed by atoms with E-state index in [4.69, 9.17) is 4.42 Å². The van der Waals surface area contributed by atoms with E-state index in [9.17, 15) is 23.1 Å². The zero-order valence-electron chi connectivity index (χ0n) is 13.0. The van der Waals surface area contributed by atoms with Crippen LogP contribution in [0.4, 0.5) is 13.2 Å². The summed E-state index contributed by atoms with van der Waals surface area (Å²) in [5.41, 5.74) is -0.501. The minimum atomic E-state index is -4.46. The molecule has 0 fully saturated rings. The molecule has 0 saturated carbocycles. The number of halogens is 3. The number of carbonyl (C=O) groups is 1. The molecule has 1 heterocycles. The highest BCUT2D eigenvalue weighted by Crippen LogP contribution is 2.31. The number of benzene rings is 1. The second-order valence-corrected chi connectivity index (χ2v) is 5.36. The summed E-state index contributed by atoms with van der Waals surface area (Å²) in [7, 11) is 0. The van der Waals surface area contributed by atoms with E-state index in [2.05, 4.69) is 5.32 Å². The maximum absolute atomic E-state index is 12.8. The van der Waals surface area contributed by atoms with Crippen LogP contribution in [0.5, 0.6) is 0 Å². The standard InChI is InChI=1S/C17H18F3NO3/c1-2-13(11-5-3-6-12(9-11)17(18,19)20)16(23)21-10-14(22)15-7-4-8-24-15/h3-9,13-14,22H,2,10H2,1H3,(H,21,23). The summed E-state index contributed by atoms with van der Waals surface area (Å²) in [6, 6.07) is 7.90. The van der Waals surface area contributed by atoms with E-state index in [1.165, 1.54) is 18.4 Å². The first kappa shape index (κ1) is 18.1. The molecule has 2 rings (SSSR count). The number of aliphatic hydroxyl groups is 1. The van der Waals surface area contributed by atoms with E-state index >= 15 is 0 Å². The first-order chi connectivity index (χ1) is 11.3. The molecule has 1 aromatic heterocycles. The zero-order chi connectivity index (χ0) is 17.7. The fourth-order valence-corrected chi connectivity index (χ4v) is 2.41. The lowest BCUT2D eigenvalue weighted by Gasteiger charge is -2.18. The number of nitrogens with one attached hydrogen (secondary N) is 1. The molecule has 4 nitrogen and oxygen atoms in total. The van der Waals surface area contributed by atoms with Crippen LogP contribution in [0.15, 0.2) is 47.1 Å². The Morgan fingerprint density at radius 3 is 2.62 bits per heavy atom. The predicted octanol–water partition coefficient (Wildman–Crippen LogP) is 3.64. The van der Waals surface area contributed by atoms with Crippen LogP contribution in [0.1, 0.15) is 42.3 Å². The third-order valence-corrected chi connectivity index (χ3v) is 3.68. The summed E-state index contributed by atoms with van der Waals surface area (Å²) >= 11 is 0. The Morgan fingerprint density at radius 2 is 2.04 bits per heavy atom. The van der Waals surface area contributed by atoms with Gasteiger partial charge >= 0.3 is 6.18 Å². The third-order valence-electron chi connectivity index (χ3n) is 3.68. The Morgan fingerprint density at radius 1 is 1.29 bits per heavy atom. The van der Waals surface area contributed by atoms with E-state index in [1.807, 2.05) is 0 Å². The Hall–Kier alpha value is -2.28. The molecule has 0 aliphatic rings. The Kier molecular flexibility index (Phi) is 5.66. The van der Waals surface area contributed by atoms with Gasteiger partial charge in [-0.15, -0.1) is 0 Å². The van der Waals surface area contributed by atoms with Crippen LogP contribution in [-0.2, 0) is 11.0 Å². The largest absolute Gasteiger partial charge is 0.467 e. The lowest BCUT2D eigenvalue weighted by atomic mass is 9.94. The molecule has 1 amide bonds. The zero-order valence-corrected chi connectivity index (χ0v) is 13.0. The molecule has 2 N–H and O–H groups in total. The number of alkyl halides is 3. The van der Waals surface area contributed by atoms with Crippen molar-refractivity contribution in [2.75, 3.05) is 6.54 Å². The molecule has 2 atom stereocenters. The topological polar surface area (TPSA) is 62.5 Å². The number of amides is 1. The highest BCUT2D eigenvalue weighted by molar-refractivity contribution is 5.83. The maximum atomic E-state index is 12.8. The van der Waals surface area contributed by atoms with E-state index in [0.29, 0.717) is 12.2 Å². The molecule has 0 aliphatic heterocycles. The Bertz CT molecular complexity index is 668. The van der Waals surface area contributed by atoms with Gasteiger partial charge in [0.1, 0.15) is 11.9 Å². The van der Waals surface area contributed by atoms with Crippen LogP contribution in [0, 0.1) is 0 Å². The predicted molar refractivity (Wildman–Crippen MR) is 81.2 cm³/mol. The van der Waals surface area contributed by atoms with Gasteiger partial charge in [-0.05, 0) is 30.2 Å². The van der Waals surface area contributed by atoms with Crippen LogP contribution in [-0.4, -0.2) is 17.6 Å². The van der Waals surface area contributed by atoms with Gasteiger partial charge in [-0.1, -0.05) is 25.1 Å². The van der Waals surface area contributed by atoms with Gasteiger partial charge in [-0.3, -0.25) is 4.79 Å². The van der Waals surface area contributed by atoms with Crippen LogP contribution in [0.2, 0.25) is 0 Å². The van der Waals surface area contributed by atoms with Crippen molar-refractivity contribution in [1.82, 2.24) is 5.32 Å². The van der Waals surface area contributed by atoms with Crippen molar-refractivity contribution in [3.05, 3.63) is 59.5 Å². The summed E-state index contributed by atoms with van der Waals surface area (Å²) < 4.78 is 43.4. The minimum Gasteiger partial charge on any atom is -0.467 e. The van der Waals surface area contributed by atoms with Gasteiger partial charge in [0, 0.05) is 0 Å². The monoisotopic (exact) mass is 341 g/mol. The van der Waals surface area contributed by atoms with Crippen molar-refractivity contribution in [3.63, 3.8) is 0 Å². The van der Waals surface area contributed by atoms with Crippen molar-refractivity contribution in [2.24, 2.45) is 0 Å². The van der Waals surface area contributed by atoms with E-state index < -0.39 is 29.7 Å². The molecular weight excluding hydrogens is 323 g/mol. The van der Waals surface area contributed by atoms with E-state index in [0.717, 1.165) is 12.1 Å². The Balaban J connectivity index is 2.06. The molecular formula is C17H18F3NO3. The fraction of sp³-hybridized carbons (Fsp3) is 0.353. The molecule has 0 aliphatic carbocycles. The fourth-order valence-electron chi connectivity index (χ4n) is 2.41. The highest BCUT2D eigenvalue weighted by Gasteiger charge is 2.31. The van der Waals surface area contributed by atoms with E-state index in [1.54, 1.807) is 19.1 Å². The lowest BCUT2D eigenvalue weighted by molar-refractivity contribution is -0.137. The SMILES string of the molecule is CCC(C(=O)NCC(O)c1ccco1)c1cccc(C(F)(F)F)c1. The first-order valence-corrected chi connectivity index (χ1v) is 7.49. The summed E-state index contributed by atoms with van der Waals surface area (Å²) in [5, 5.41) is 12.4. The smallest absolute Gasteiger partial charge is 0.416 e. The van der Waals surface area contributed by atoms with Gasteiger partial charge in [0.25, 0.3) is 0 Å². The van der Waals surface area contributed by atoms with Crippen LogP contribution >= 0.6 is 0 Å². The Labute approximate surface area is 137 Å². The molecule has 1 aromatic carbocycles. The molecule has 130 valence electrons. The second kappa shape index (κ2) is 7.53. The average Bonchev–Trinajstić information content (AvgIpc) is 3.07. The van der Waals surface area contributed by atoms with Crippen LogP contribution < -0.4 is 5.32 Å². The van der Waals surface area contributed by atoms with Crippen molar-refractivity contribution in [1.29, 1.82) is 0 Å². The maximum Gasteiger partial charge on any atom is 0.416 e. The summed E-state index contributed by atoms with van der Waals surface area (Å²) in [6.45, 7) is 1.63. The first-order valence-electron chi connectivity index (χ1n) is 7.49. The average molecular weight is 341 g/mol. The number of aliphatic hydroxyl groups excluding tert-OH is 1. The second-order valence-electron chi connectivity index (χ2n) is 5.36. The minimum absolute atomic E-state index is 0.0815. The summed E-state index contributed by atoms with van der Waals surface area (Å²) in [4.78, 5) is 12.3. The quantitative estimate of drug-likeness (QED) is 0.843. The number of rotatable bonds is 6. The molecule has 7 heteroatoms. The number of hydrogen-bond acceptors (Lipinski definition) is 3. The van der Waals surface area contributed by atoms with Gasteiger partial charge in [-0.2, -0.15) is 13.2 Å². The van der Waals surface area contributed by atoms with Gasteiger partial charge in [-0.25, -0.2) is 0 Å². The van der Waals surface area contributed by atoms with Gasteiger partial charge in [0.2, 0.25) is 5.91 Å². The summed E-state index contributed by atoms with van der Waals surface area (Å²) in [6.07, 6.45) is -3.73. The number of hydrogen-bond donors (Lipinski definition) is 2. The lowest BCUT2D eigenvalue weighted by Crippen LogP contribution is -2.32. The summed E-state index contributed by atoms with van der Waals surface area (Å²) in [5.74, 6) is -0.860. The van der Waals surface area contributed by atoms with Crippen molar-refractivity contribution in [2.45, 2.75) is 31.5 Å². The molecule has 0 radical (unpaired) electrons.